The maximum absolute atomic E-state index is 11.2. The molecule has 0 radical (unpaired) electrons. The van der Waals surface area contributed by atoms with Gasteiger partial charge in [0.25, 0.3) is 0 Å². The van der Waals surface area contributed by atoms with Crippen molar-refractivity contribution in [3.63, 3.8) is 0 Å². The third-order valence-corrected chi connectivity index (χ3v) is 3.67. The number of carboxylic acids is 1. The number of rotatable bonds is 2. The standard InChI is InChI=1S/C15H15NO2/c17-15(18)14-9-4-10-16(14)13-8-3-6-11-5-1-2-7-12(11)13/h1-2,4-5,7,9-10,13H,3,6,8H2,(H,17,18). The zero-order valence-electron chi connectivity index (χ0n) is 10.0. The van der Waals surface area contributed by atoms with Crippen LogP contribution in [0.3, 0.4) is 0 Å². The van der Waals surface area contributed by atoms with Gasteiger partial charge >= 0.3 is 5.97 Å². The Kier molecular flexibility index (Phi) is 2.67. The summed E-state index contributed by atoms with van der Waals surface area (Å²) in [4.78, 5) is 11.2. The fraction of sp³-hybridized carbons (Fsp3) is 0.267. The maximum atomic E-state index is 11.2. The van der Waals surface area contributed by atoms with E-state index in [4.69, 9.17) is 0 Å². The number of fused-ring (bicyclic) bond motifs is 1. The molecule has 0 amide bonds. The second-order valence-electron chi connectivity index (χ2n) is 4.71. The molecule has 2 aromatic rings. The number of aromatic nitrogens is 1. The van der Waals surface area contributed by atoms with Gasteiger partial charge in [0.15, 0.2) is 0 Å². The Morgan fingerprint density at radius 3 is 2.89 bits per heavy atom. The first-order valence-electron chi connectivity index (χ1n) is 6.25. The zero-order chi connectivity index (χ0) is 12.5. The molecule has 1 N–H and O–H groups in total. The van der Waals surface area contributed by atoms with Crippen LogP contribution in [0.2, 0.25) is 0 Å². The van der Waals surface area contributed by atoms with Gasteiger partial charge in [-0.3, -0.25) is 0 Å². The van der Waals surface area contributed by atoms with Crippen molar-refractivity contribution in [3.8, 4) is 0 Å². The lowest BCUT2D eigenvalue weighted by Crippen LogP contribution is -2.20. The molecule has 0 fully saturated rings. The molecule has 1 aliphatic rings. The highest BCUT2D eigenvalue weighted by Crippen LogP contribution is 2.33. The smallest absolute Gasteiger partial charge is 0.352 e. The Morgan fingerprint density at radius 1 is 1.22 bits per heavy atom. The van der Waals surface area contributed by atoms with Crippen molar-refractivity contribution in [1.82, 2.24) is 4.57 Å². The number of benzene rings is 1. The van der Waals surface area contributed by atoms with E-state index in [-0.39, 0.29) is 6.04 Å². The highest BCUT2D eigenvalue weighted by Gasteiger charge is 2.23. The van der Waals surface area contributed by atoms with Crippen molar-refractivity contribution in [3.05, 3.63) is 59.4 Å². The van der Waals surface area contributed by atoms with Crippen LogP contribution >= 0.6 is 0 Å². The van der Waals surface area contributed by atoms with E-state index in [2.05, 4.69) is 18.2 Å². The summed E-state index contributed by atoms with van der Waals surface area (Å²) in [5.74, 6) is -0.858. The van der Waals surface area contributed by atoms with Crippen LogP contribution in [0.1, 0.15) is 40.5 Å². The summed E-state index contributed by atoms with van der Waals surface area (Å²) in [6.07, 6.45) is 5.08. The van der Waals surface area contributed by atoms with E-state index >= 15 is 0 Å². The topological polar surface area (TPSA) is 42.2 Å². The summed E-state index contributed by atoms with van der Waals surface area (Å²) in [6, 6.07) is 12.0. The SMILES string of the molecule is O=C(O)c1cccn1C1CCCc2ccccc21. The van der Waals surface area contributed by atoms with E-state index in [9.17, 15) is 9.90 Å². The van der Waals surface area contributed by atoms with E-state index in [0.29, 0.717) is 5.69 Å². The van der Waals surface area contributed by atoms with Crippen LogP contribution in [0.4, 0.5) is 0 Å². The first kappa shape index (κ1) is 11.1. The van der Waals surface area contributed by atoms with Crippen molar-refractivity contribution in [2.24, 2.45) is 0 Å². The third kappa shape index (κ3) is 1.72. The fourth-order valence-corrected chi connectivity index (χ4v) is 2.86. The lowest BCUT2D eigenvalue weighted by atomic mass is 9.87. The molecule has 1 aliphatic carbocycles. The summed E-state index contributed by atoms with van der Waals surface area (Å²) in [5, 5.41) is 9.21. The van der Waals surface area contributed by atoms with Gasteiger partial charge < -0.3 is 9.67 Å². The van der Waals surface area contributed by atoms with E-state index in [1.807, 2.05) is 16.8 Å². The number of carboxylic acid groups (broad SMARTS) is 1. The normalized spacial score (nSPS) is 18.3. The predicted octanol–water partition coefficient (Wildman–Crippen LogP) is 3.11. The molecular formula is C15H15NO2. The molecule has 3 nitrogen and oxygen atoms in total. The van der Waals surface area contributed by atoms with Crippen molar-refractivity contribution < 1.29 is 9.90 Å². The average molecular weight is 241 g/mol. The van der Waals surface area contributed by atoms with Crippen LogP contribution in [0.5, 0.6) is 0 Å². The van der Waals surface area contributed by atoms with Gasteiger partial charge in [0.05, 0.1) is 6.04 Å². The zero-order valence-corrected chi connectivity index (χ0v) is 10.0. The average Bonchev–Trinajstić information content (AvgIpc) is 2.87. The number of hydrogen-bond donors (Lipinski definition) is 1. The van der Waals surface area contributed by atoms with Crippen LogP contribution in [0.15, 0.2) is 42.6 Å². The molecule has 1 aromatic heterocycles. The predicted molar refractivity (Wildman–Crippen MR) is 68.9 cm³/mol. The van der Waals surface area contributed by atoms with Crippen molar-refractivity contribution in [1.29, 1.82) is 0 Å². The van der Waals surface area contributed by atoms with Crippen LogP contribution in [-0.2, 0) is 6.42 Å². The summed E-state index contributed by atoms with van der Waals surface area (Å²) in [5.41, 5.74) is 2.98. The Balaban J connectivity index is 2.08. The lowest BCUT2D eigenvalue weighted by Gasteiger charge is -2.27. The molecule has 0 aliphatic heterocycles. The first-order valence-corrected chi connectivity index (χ1v) is 6.25. The lowest BCUT2D eigenvalue weighted by molar-refractivity contribution is 0.0683. The quantitative estimate of drug-likeness (QED) is 0.877. The Hall–Kier alpha value is -2.03. The summed E-state index contributed by atoms with van der Waals surface area (Å²) in [6.45, 7) is 0. The first-order chi connectivity index (χ1) is 8.77. The molecule has 3 heteroatoms. The van der Waals surface area contributed by atoms with Gasteiger partial charge in [0.1, 0.15) is 5.69 Å². The Labute approximate surface area is 106 Å². The van der Waals surface area contributed by atoms with Gasteiger partial charge in [-0.1, -0.05) is 24.3 Å². The number of carbonyl (C=O) groups is 1. The minimum atomic E-state index is -0.858. The highest BCUT2D eigenvalue weighted by molar-refractivity contribution is 5.86. The molecule has 1 unspecified atom stereocenters. The molecular weight excluding hydrogens is 226 g/mol. The van der Waals surface area contributed by atoms with Crippen LogP contribution in [0.25, 0.3) is 0 Å². The van der Waals surface area contributed by atoms with Crippen LogP contribution in [-0.4, -0.2) is 15.6 Å². The van der Waals surface area contributed by atoms with Crippen molar-refractivity contribution in [2.75, 3.05) is 0 Å². The second kappa shape index (κ2) is 4.33. The molecule has 1 atom stereocenters. The van der Waals surface area contributed by atoms with Crippen molar-refractivity contribution >= 4 is 5.97 Å². The van der Waals surface area contributed by atoms with Gasteiger partial charge in [0.2, 0.25) is 0 Å². The maximum Gasteiger partial charge on any atom is 0.352 e. The molecule has 0 bridgehead atoms. The molecule has 3 rings (SSSR count). The molecule has 1 aromatic carbocycles. The van der Waals surface area contributed by atoms with Gasteiger partial charge in [0, 0.05) is 6.20 Å². The largest absolute Gasteiger partial charge is 0.477 e. The number of hydrogen-bond acceptors (Lipinski definition) is 1. The van der Waals surface area contributed by atoms with Gasteiger partial charge in [-0.05, 0) is 42.5 Å². The molecule has 0 saturated carbocycles. The van der Waals surface area contributed by atoms with Gasteiger partial charge in [-0.15, -0.1) is 0 Å². The monoisotopic (exact) mass is 241 g/mol. The Bertz CT molecular complexity index is 586. The molecule has 0 spiro atoms. The van der Waals surface area contributed by atoms with Gasteiger partial charge in [-0.25, -0.2) is 4.79 Å². The molecule has 0 saturated heterocycles. The summed E-state index contributed by atoms with van der Waals surface area (Å²) < 4.78 is 1.89. The second-order valence-corrected chi connectivity index (χ2v) is 4.71. The minimum absolute atomic E-state index is 0.163. The number of aromatic carboxylic acids is 1. The van der Waals surface area contributed by atoms with E-state index in [1.54, 1.807) is 12.1 Å². The van der Waals surface area contributed by atoms with Crippen molar-refractivity contribution in [2.45, 2.75) is 25.3 Å². The summed E-state index contributed by atoms with van der Waals surface area (Å²) >= 11 is 0. The molecule has 18 heavy (non-hydrogen) atoms. The van der Waals surface area contributed by atoms with E-state index in [1.165, 1.54) is 11.1 Å². The summed E-state index contributed by atoms with van der Waals surface area (Å²) in [7, 11) is 0. The minimum Gasteiger partial charge on any atom is -0.477 e. The van der Waals surface area contributed by atoms with E-state index in [0.717, 1.165) is 19.3 Å². The van der Waals surface area contributed by atoms with E-state index < -0.39 is 5.97 Å². The molecule has 1 heterocycles. The number of aryl methyl sites for hydroxylation is 1. The Morgan fingerprint density at radius 2 is 2.06 bits per heavy atom. The number of nitrogens with zero attached hydrogens (tertiary/aromatic N) is 1. The molecule has 92 valence electrons. The highest BCUT2D eigenvalue weighted by atomic mass is 16.4. The van der Waals surface area contributed by atoms with Crippen LogP contribution in [0, 0.1) is 0 Å². The fourth-order valence-electron chi connectivity index (χ4n) is 2.86. The van der Waals surface area contributed by atoms with Gasteiger partial charge in [-0.2, -0.15) is 0 Å². The van der Waals surface area contributed by atoms with Crippen LogP contribution < -0.4 is 0 Å². The third-order valence-electron chi connectivity index (χ3n) is 3.67.